The van der Waals surface area contributed by atoms with Crippen LogP contribution >= 0.6 is 0 Å². The number of rotatable bonds is 6. The van der Waals surface area contributed by atoms with E-state index in [1.165, 1.54) is 17.4 Å². The lowest BCUT2D eigenvalue weighted by atomic mass is 10.1. The lowest BCUT2D eigenvalue weighted by Gasteiger charge is -2.09. The van der Waals surface area contributed by atoms with Gasteiger partial charge in [-0.05, 0) is 42.2 Å². The summed E-state index contributed by atoms with van der Waals surface area (Å²) in [4.78, 5) is 11.7. The Labute approximate surface area is 118 Å². The van der Waals surface area contributed by atoms with Gasteiger partial charge in [-0.25, -0.2) is 0 Å². The van der Waals surface area contributed by atoms with E-state index in [0.717, 1.165) is 18.6 Å². The van der Waals surface area contributed by atoms with Crippen molar-refractivity contribution >= 4 is 5.91 Å². The molecule has 0 aliphatic carbocycles. The summed E-state index contributed by atoms with van der Waals surface area (Å²) in [5, 5.41) is 2.84. The van der Waals surface area contributed by atoms with Crippen LogP contribution in [0.2, 0.25) is 0 Å². The number of methoxy groups -OCH3 is 1. The molecule has 1 N–H and O–H groups in total. The lowest BCUT2D eigenvalue weighted by Crippen LogP contribution is -2.25. The summed E-state index contributed by atoms with van der Waals surface area (Å²) < 4.78 is 10.3. The van der Waals surface area contributed by atoms with Crippen molar-refractivity contribution in [2.24, 2.45) is 0 Å². The van der Waals surface area contributed by atoms with Gasteiger partial charge in [-0.2, -0.15) is 0 Å². The summed E-state index contributed by atoms with van der Waals surface area (Å²) in [6.07, 6.45) is 3.20. The molecule has 2 aromatic rings. The van der Waals surface area contributed by atoms with Crippen LogP contribution in [0.5, 0.6) is 5.75 Å². The second-order valence-corrected chi connectivity index (χ2v) is 4.48. The van der Waals surface area contributed by atoms with Crippen molar-refractivity contribution in [3.05, 3.63) is 53.5 Å². The van der Waals surface area contributed by atoms with Crippen LogP contribution < -0.4 is 10.1 Å². The van der Waals surface area contributed by atoms with Crippen LogP contribution in [0.3, 0.4) is 0 Å². The largest absolute Gasteiger partial charge is 0.496 e. The summed E-state index contributed by atoms with van der Waals surface area (Å²) >= 11 is 0. The van der Waals surface area contributed by atoms with Crippen LogP contribution in [-0.4, -0.2) is 19.6 Å². The van der Waals surface area contributed by atoms with Crippen molar-refractivity contribution in [2.75, 3.05) is 13.7 Å². The highest BCUT2D eigenvalue weighted by Gasteiger charge is 2.07. The molecule has 0 aliphatic heterocycles. The van der Waals surface area contributed by atoms with E-state index in [1.54, 1.807) is 19.2 Å². The minimum absolute atomic E-state index is 0.181. The first-order valence-corrected chi connectivity index (χ1v) is 6.72. The molecule has 1 heterocycles. The Morgan fingerprint density at radius 1 is 1.35 bits per heavy atom. The molecule has 0 fully saturated rings. The Morgan fingerprint density at radius 2 is 2.20 bits per heavy atom. The topological polar surface area (TPSA) is 51.5 Å². The van der Waals surface area contributed by atoms with E-state index in [2.05, 4.69) is 18.3 Å². The number of benzene rings is 1. The monoisotopic (exact) mass is 273 g/mol. The van der Waals surface area contributed by atoms with E-state index in [9.17, 15) is 4.79 Å². The van der Waals surface area contributed by atoms with Crippen LogP contribution in [0, 0.1) is 0 Å². The molecule has 0 unspecified atom stereocenters. The molecule has 0 saturated heterocycles. The number of hydrogen-bond acceptors (Lipinski definition) is 3. The molecular weight excluding hydrogens is 254 g/mol. The fourth-order valence-electron chi connectivity index (χ4n) is 2.08. The number of carbonyl (C=O) groups excluding carboxylic acids is 1. The quantitative estimate of drug-likeness (QED) is 0.880. The van der Waals surface area contributed by atoms with Crippen LogP contribution in [0.25, 0.3) is 0 Å². The average Bonchev–Trinajstić information content (AvgIpc) is 3.01. The SMILES string of the molecule is CCc1cc(CCNC(=O)c2ccco2)ccc1OC. The molecule has 2 rings (SSSR count). The number of amides is 1. The van der Waals surface area contributed by atoms with E-state index in [4.69, 9.17) is 9.15 Å². The normalized spacial score (nSPS) is 10.3. The number of carbonyl (C=O) groups is 1. The Bertz CT molecular complexity index is 561. The summed E-state index contributed by atoms with van der Waals surface area (Å²) in [6, 6.07) is 9.47. The second-order valence-electron chi connectivity index (χ2n) is 4.48. The van der Waals surface area contributed by atoms with Gasteiger partial charge in [0.2, 0.25) is 0 Å². The van der Waals surface area contributed by atoms with Gasteiger partial charge < -0.3 is 14.5 Å². The van der Waals surface area contributed by atoms with E-state index in [-0.39, 0.29) is 5.91 Å². The zero-order valence-electron chi connectivity index (χ0n) is 11.8. The highest BCUT2D eigenvalue weighted by molar-refractivity contribution is 5.91. The van der Waals surface area contributed by atoms with Gasteiger partial charge in [-0.1, -0.05) is 19.1 Å². The summed E-state index contributed by atoms with van der Waals surface area (Å²) in [5.74, 6) is 1.07. The van der Waals surface area contributed by atoms with Crippen LogP contribution in [0.15, 0.2) is 41.0 Å². The maximum Gasteiger partial charge on any atom is 0.286 e. The van der Waals surface area contributed by atoms with Gasteiger partial charge in [0.15, 0.2) is 5.76 Å². The fraction of sp³-hybridized carbons (Fsp3) is 0.312. The zero-order chi connectivity index (χ0) is 14.4. The second kappa shape index (κ2) is 6.80. The molecule has 20 heavy (non-hydrogen) atoms. The molecule has 106 valence electrons. The summed E-state index contributed by atoms with van der Waals surface area (Å²) in [6.45, 7) is 2.68. The van der Waals surface area contributed by atoms with Crippen molar-refractivity contribution in [3.8, 4) is 5.75 Å². The predicted octanol–water partition coefficient (Wildman–Crippen LogP) is 2.82. The van der Waals surface area contributed by atoms with E-state index >= 15 is 0 Å². The van der Waals surface area contributed by atoms with Gasteiger partial charge in [-0.15, -0.1) is 0 Å². The molecule has 0 aliphatic rings. The molecule has 0 bridgehead atoms. The minimum atomic E-state index is -0.181. The Morgan fingerprint density at radius 3 is 2.85 bits per heavy atom. The molecular formula is C16H19NO3. The van der Waals surface area contributed by atoms with Crippen LogP contribution in [0.4, 0.5) is 0 Å². The maximum absolute atomic E-state index is 11.7. The summed E-state index contributed by atoms with van der Waals surface area (Å²) in [7, 11) is 1.68. The molecule has 0 atom stereocenters. The van der Waals surface area contributed by atoms with Gasteiger partial charge in [0, 0.05) is 6.54 Å². The number of ether oxygens (including phenoxy) is 1. The standard InChI is InChI=1S/C16H19NO3/c1-3-13-11-12(6-7-14(13)19-2)8-9-17-16(18)15-5-4-10-20-15/h4-7,10-11H,3,8-9H2,1-2H3,(H,17,18). The average molecular weight is 273 g/mol. The number of furan rings is 1. The predicted molar refractivity (Wildman–Crippen MR) is 77.1 cm³/mol. The lowest BCUT2D eigenvalue weighted by molar-refractivity contribution is 0.0926. The third kappa shape index (κ3) is 3.41. The van der Waals surface area contributed by atoms with Gasteiger partial charge in [0.05, 0.1) is 13.4 Å². The highest BCUT2D eigenvalue weighted by Crippen LogP contribution is 2.20. The minimum Gasteiger partial charge on any atom is -0.496 e. The smallest absolute Gasteiger partial charge is 0.286 e. The Kier molecular flexibility index (Phi) is 4.82. The first kappa shape index (κ1) is 14.2. The first-order valence-electron chi connectivity index (χ1n) is 6.72. The van der Waals surface area contributed by atoms with Gasteiger partial charge in [0.1, 0.15) is 5.75 Å². The van der Waals surface area contributed by atoms with E-state index in [0.29, 0.717) is 12.3 Å². The van der Waals surface area contributed by atoms with Gasteiger partial charge in [0.25, 0.3) is 5.91 Å². The van der Waals surface area contributed by atoms with Gasteiger partial charge >= 0.3 is 0 Å². The molecule has 0 radical (unpaired) electrons. The Balaban J connectivity index is 1.89. The molecule has 1 aromatic carbocycles. The molecule has 1 amide bonds. The molecule has 0 spiro atoms. The third-order valence-corrected chi connectivity index (χ3v) is 3.17. The van der Waals surface area contributed by atoms with Crippen molar-refractivity contribution in [1.29, 1.82) is 0 Å². The maximum atomic E-state index is 11.7. The zero-order valence-corrected chi connectivity index (χ0v) is 11.8. The molecule has 0 saturated carbocycles. The summed E-state index contributed by atoms with van der Waals surface area (Å²) in [5.41, 5.74) is 2.37. The van der Waals surface area contributed by atoms with Crippen LogP contribution in [0.1, 0.15) is 28.6 Å². The molecule has 1 aromatic heterocycles. The van der Waals surface area contributed by atoms with Crippen molar-refractivity contribution in [3.63, 3.8) is 0 Å². The fourth-order valence-corrected chi connectivity index (χ4v) is 2.08. The Hall–Kier alpha value is -2.23. The third-order valence-electron chi connectivity index (χ3n) is 3.17. The van der Waals surface area contributed by atoms with E-state index < -0.39 is 0 Å². The van der Waals surface area contributed by atoms with Crippen molar-refractivity contribution < 1.29 is 13.9 Å². The van der Waals surface area contributed by atoms with E-state index in [1.807, 2.05) is 12.1 Å². The van der Waals surface area contributed by atoms with Crippen LogP contribution in [-0.2, 0) is 12.8 Å². The number of aryl methyl sites for hydroxylation is 1. The molecule has 4 heteroatoms. The molecule has 4 nitrogen and oxygen atoms in total. The first-order chi connectivity index (χ1) is 9.74. The van der Waals surface area contributed by atoms with Crippen molar-refractivity contribution in [1.82, 2.24) is 5.32 Å². The highest BCUT2D eigenvalue weighted by atomic mass is 16.5. The number of hydrogen-bond donors (Lipinski definition) is 1. The van der Waals surface area contributed by atoms with Gasteiger partial charge in [-0.3, -0.25) is 4.79 Å². The van der Waals surface area contributed by atoms with Crippen molar-refractivity contribution in [2.45, 2.75) is 19.8 Å². The number of nitrogens with one attached hydrogen (secondary N) is 1.